The van der Waals surface area contributed by atoms with Gasteiger partial charge in [0.1, 0.15) is 5.82 Å². The molecule has 0 spiro atoms. The lowest BCUT2D eigenvalue weighted by atomic mass is 10.1. The lowest BCUT2D eigenvalue weighted by Crippen LogP contribution is -2.49. The van der Waals surface area contributed by atoms with Crippen LogP contribution in [0.2, 0.25) is 0 Å². The Balaban J connectivity index is 0.00000364. The molecule has 8 nitrogen and oxygen atoms in total. The predicted molar refractivity (Wildman–Crippen MR) is 118 cm³/mol. The molecule has 2 N–H and O–H groups in total. The van der Waals surface area contributed by atoms with E-state index in [2.05, 4.69) is 32.1 Å². The average Bonchev–Trinajstić information content (AvgIpc) is 3.06. The Morgan fingerprint density at radius 1 is 1.37 bits per heavy atom. The summed E-state index contributed by atoms with van der Waals surface area (Å²) in [6, 6.07) is 0.335. The maximum atomic E-state index is 11.5. The van der Waals surface area contributed by atoms with Crippen LogP contribution in [-0.4, -0.2) is 65.8 Å². The first kappa shape index (κ1) is 23.5. The van der Waals surface area contributed by atoms with Crippen LogP contribution in [0.3, 0.4) is 0 Å². The summed E-state index contributed by atoms with van der Waals surface area (Å²) in [5.41, 5.74) is 0. The summed E-state index contributed by atoms with van der Waals surface area (Å²) in [6.07, 6.45) is 7.54. The summed E-state index contributed by atoms with van der Waals surface area (Å²) in [7, 11) is 1.43. The van der Waals surface area contributed by atoms with Crippen LogP contribution in [0.25, 0.3) is 0 Å². The number of amides is 1. The molecule has 2 heterocycles. The molecule has 27 heavy (non-hydrogen) atoms. The molecule has 0 aliphatic carbocycles. The van der Waals surface area contributed by atoms with Crippen molar-refractivity contribution in [2.24, 2.45) is 4.99 Å². The zero-order valence-corrected chi connectivity index (χ0v) is 18.9. The van der Waals surface area contributed by atoms with Crippen molar-refractivity contribution in [1.29, 1.82) is 0 Å². The van der Waals surface area contributed by atoms with E-state index < -0.39 is 0 Å². The van der Waals surface area contributed by atoms with Gasteiger partial charge in [0, 0.05) is 51.2 Å². The van der Waals surface area contributed by atoms with Crippen LogP contribution < -0.4 is 10.6 Å². The van der Waals surface area contributed by atoms with E-state index in [0.717, 1.165) is 57.1 Å². The number of methoxy groups -OCH3 is 1. The van der Waals surface area contributed by atoms with Crippen LogP contribution in [0, 0.1) is 6.92 Å². The monoisotopic (exact) mass is 492 g/mol. The number of halogens is 1. The fraction of sp³-hybridized carbons (Fsp3) is 0.722. The number of nitrogens with zero attached hydrogens (tertiary/aromatic N) is 4. The Bertz CT molecular complexity index is 584. The average molecular weight is 492 g/mol. The van der Waals surface area contributed by atoms with Gasteiger partial charge in [0.25, 0.3) is 0 Å². The molecule has 1 fully saturated rings. The van der Waals surface area contributed by atoms with Crippen molar-refractivity contribution < 1.29 is 9.53 Å². The van der Waals surface area contributed by atoms with E-state index in [9.17, 15) is 4.79 Å². The van der Waals surface area contributed by atoms with Gasteiger partial charge < -0.3 is 24.8 Å². The van der Waals surface area contributed by atoms with Gasteiger partial charge in [-0.15, -0.1) is 24.0 Å². The maximum absolute atomic E-state index is 11.5. The van der Waals surface area contributed by atoms with Crippen LogP contribution in [0.5, 0.6) is 0 Å². The second-order valence-corrected chi connectivity index (χ2v) is 6.51. The van der Waals surface area contributed by atoms with Gasteiger partial charge in [-0.05, 0) is 39.5 Å². The van der Waals surface area contributed by atoms with Gasteiger partial charge in [-0.2, -0.15) is 0 Å². The number of guanidine groups is 1. The molecule has 0 radical (unpaired) electrons. The summed E-state index contributed by atoms with van der Waals surface area (Å²) in [4.78, 5) is 22.2. The molecule has 1 aromatic rings. The maximum Gasteiger partial charge on any atom is 0.409 e. The fourth-order valence-electron chi connectivity index (χ4n) is 3.07. The van der Waals surface area contributed by atoms with Crippen LogP contribution in [0.4, 0.5) is 4.79 Å². The molecule has 1 aromatic heterocycles. The molecular weight excluding hydrogens is 459 g/mol. The molecule has 1 aliphatic rings. The number of carbonyl (C=O) groups excluding carboxylic acids is 1. The number of aromatic nitrogens is 2. The number of hydrogen-bond donors (Lipinski definition) is 2. The minimum atomic E-state index is -0.239. The molecule has 9 heteroatoms. The minimum Gasteiger partial charge on any atom is -0.453 e. The third-order valence-corrected chi connectivity index (χ3v) is 4.61. The van der Waals surface area contributed by atoms with Crippen LogP contribution in [0.1, 0.15) is 38.4 Å². The lowest BCUT2D eigenvalue weighted by molar-refractivity contribution is 0.111. The predicted octanol–water partition coefficient (Wildman–Crippen LogP) is 2.38. The standard InChI is InChI=1S/C18H32N6O2.HI/c1-4-19-17(21-9-5-6-11-23-14-10-20-15(23)2)22-16-7-12-24(13-8-16)18(25)26-3;/h10,14,16H,4-9,11-13H2,1-3H3,(H2,19,21,22);1H. The SMILES string of the molecule is CCNC(=NCCCCn1ccnc1C)NC1CCN(C(=O)OC)CC1.I. The lowest BCUT2D eigenvalue weighted by Gasteiger charge is -2.32. The molecule has 0 aromatic carbocycles. The van der Waals surface area contributed by atoms with Gasteiger partial charge in [-0.1, -0.05) is 0 Å². The second kappa shape index (κ2) is 12.8. The zero-order chi connectivity index (χ0) is 18.8. The van der Waals surface area contributed by atoms with Crippen molar-refractivity contribution in [3.05, 3.63) is 18.2 Å². The summed E-state index contributed by atoms with van der Waals surface area (Å²) >= 11 is 0. The number of carbonyl (C=O) groups is 1. The minimum absolute atomic E-state index is 0. The third kappa shape index (κ3) is 7.94. The molecular formula is C18H33IN6O2. The van der Waals surface area contributed by atoms with E-state index >= 15 is 0 Å². The van der Waals surface area contributed by atoms with Crippen molar-refractivity contribution in [3.63, 3.8) is 0 Å². The molecule has 1 saturated heterocycles. The normalized spacial score (nSPS) is 15.2. The molecule has 0 saturated carbocycles. The highest BCUT2D eigenvalue weighted by Gasteiger charge is 2.23. The van der Waals surface area contributed by atoms with Gasteiger partial charge in [-0.3, -0.25) is 4.99 Å². The van der Waals surface area contributed by atoms with Crippen LogP contribution in [-0.2, 0) is 11.3 Å². The van der Waals surface area contributed by atoms with Gasteiger partial charge in [0.2, 0.25) is 0 Å². The summed E-state index contributed by atoms with van der Waals surface area (Å²) in [5.74, 6) is 1.92. The van der Waals surface area contributed by atoms with Gasteiger partial charge in [0.05, 0.1) is 7.11 Å². The van der Waals surface area contributed by atoms with Crippen LogP contribution in [0.15, 0.2) is 17.4 Å². The number of ether oxygens (including phenoxy) is 1. The summed E-state index contributed by atoms with van der Waals surface area (Å²) in [5, 5.41) is 6.80. The van der Waals surface area contributed by atoms with Crippen LogP contribution >= 0.6 is 24.0 Å². The molecule has 1 aliphatic heterocycles. The second-order valence-electron chi connectivity index (χ2n) is 6.51. The number of rotatable bonds is 7. The first-order chi connectivity index (χ1) is 12.6. The van der Waals surface area contributed by atoms with Crippen molar-refractivity contribution >= 4 is 36.0 Å². The van der Waals surface area contributed by atoms with E-state index in [0.29, 0.717) is 19.1 Å². The van der Waals surface area contributed by atoms with Gasteiger partial charge >= 0.3 is 6.09 Å². The zero-order valence-electron chi connectivity index (χ0n) is 16.6. The summed E-state index contributed by atoms with van der Waals surface area (Å²) < 4.78 is 6.95. The van der Waals surface area contributed by atoms with Crippen molar-refractivity contribution in [1.82, 2.24) is 25.1 Å². The van der Waals surface area contributed by atoms with E-state index in [1.807, 2.05) is 19.3 Å². The number of nitrogens with one attached hydrogen (secondary N) is 2. The quantitative estimate of drug-likeness (QED) is 0.264. The highest BCUT2D eigenvalue weighted by molar-refractivity contribution is 14.0. The fourth-order valence-corrected chi connectivity index (χ4v) is 3.07. The topological polar surface area (TPSA) is 83.8 Å². The number of aryl methyl sites for hydroxylation is 2. The molecule has 154 valence electrons. The number of piperidine rings is 1. The largest absolute Gasteiger partial charge is 0.453 e. The highest BCUT2D eigenvalue weighted by Crippen LogP contribution is 2.11. The van der Waals surface area contributed by atoms with Crippen molar-refractivity contribution in [2.75, 3.05) is 33.3 Å². The number of likely N-dealkylation sites (tertiary alicyclic amines) is 1. The van der Waals surface area contributed by atoms with Crippen molar-refractivity contribution in [2.45, 2.75) is 52.1 Å². The molecule has 1 amide bonds. The number of unbranched alkanes of at least 4 members (excludes halogenated alkanes) is 1. The smallest absolute Gasteiger partial charge is 0.409 e. The molecule has 0 bridgehead atoms. The molecule has 0 unspecified atom stereocenters. The number of hydrogen-bond acceptors (Lipinski definition) is 4. The van der Waals surface area contributed by atoms with Crippen molar-refractivity contribution in [3.8, 4) is 0 Å². The highest BCUT2D eigenvalue weighted by atomic mass is 127. The van der Waals surface area contributed by atoms with E-state index in [1.54, 1.807) is 4.90 Å². The number of aliphatic imine (C=N–C) groups is 1. The Kier molecular flexibility index (Phi) is 11.1. The van der Waals surface area contributed by atoms with E-state index in [-0.39, 0.29) is 30.1 Å². The Hall–Kier alpha value is -1.52. The Morgan fingerprint density at radius 3 is 2.70 bits per heavy atom. The number of imidazole rings is 1. The van der Waals surface area contributed by atoms with Gasteiger partial charge in [0.15, 0.2) is 5.96 Å². The van der Waals surface area contributed by atoms with Gasteiger partial charge in [-0.25, -0.2) is 9.78 Å². The molecule has 2 rings (SSSR count). The molecule has 0 atom stereocenters. The van der Waals surface area contributed by atoms with E-state index in [4.69, 9.17) is 4.74 Å². The van der Waals surface area contributed by atoms with E-state index in [1.165, 1.54) is 7.11 Å². The first-order valence-electron chi connectivity index (χ1n) is 9.49. The Morgan fingerprint density at radius 2 is 2.11 bits per heavy atom. The summed E-state index contributed by atoms with van der Waals surface area (Å²) in [6.45, 7) is 8.14. The Labute approximate surface area is 179 Å². The third-order valence-electron chi connectivity index (χ3n) is 4.61. The first-order valence-corrected chi connectivity index (χ1v) is 9.49.